The number of hydrogen-bond donors (Lipinski definition) is 5. The molecular formula is C18H23N3O7S. The lowest BCUT2D eigenvalue weighted by atomic mass is 10.1. The second kappa shape index (κ2) is 12.5. The minimum absolute atomic E-state index is 0.0285. The number of nitrogens with one attached hydrogen (secondary N) is 2. The number of hydrogen-bond acceptors (Lipinski definition) is 7. The summed E-state index contributed by atoms with van der Waals surface area (Å²) in [5.41, 5.74) is 5.85. The normalized spacial score (nSPS) is 12.4. The van der Waals surface area contributed by atoms with Crippen LogP contribution >= 0.6 is 11.8 Å². The van der Waals surface area contributed by atoms with Gasteiger partial charge >= 0.3 is 11.9 Å². The molecule has 0 aliphatic rings. The van der Waals surface area contributed by atoms with Crippen molar-refractivity contribution in [3.63, 3.8) is 0 Å². The number of rotatable bonds is 13. The molecule has 11 heteroatoms. The van der Waals surface area contributed by atoms with Crippen molar-refractivity contribution in [2.24, 2.45) is 5.73 Å². The van der Waals surface area contributed by atoms with Crippen LogP contribution < -0.4 is 16.4 Å². The van der Waals surface area contributed by atoms with E-state index in [1.807, 2.05) is 0 Å². The summed E-state index contributed by atoms with van der Waals surface area (Å²) in [5.74, 6) is -3.88. The van der Waals surface area contributed by atoms with E-state index in [2.05, 4.69) is 10.6 Å². The van der Waals surface area contributed by atoms with Gasteiger partial charge in [-0.15, -0.1) is 0 Å². The van der Waals surface area contributed by atoms with Crippen LogP contribution in [-0.4, -0.2) is 69.9 Å². The summed E-state index contributed by atoms with van der Waals surface area (Å²) in [4.78, 5) is 57.6. The molecule has 2 amide bonds. The van der Waals surface area contributed by atoms with E-state index in [4.69, 9.17) is 15.9 Å². The number of carbonyl (C=O) groups excluding carboxylic acids is 3. The van der Waals surface area contributed by atoms with Gasteiger partial charge in [-0.25, -0.2) is 0 Å². The zero-order chi connectivity index (χ0) is 21.8. The Labute approximate surface area is 171 Å². The Hall–Kier alpha value is -2.92. The van der Waals surface area contributed by atoms with Crippen LogP contribution in [0.5, 0.6) is 0 Å². The number of carbonyl (C=O) groups is 5. The number of nitrogens with two attached hydrogens (primary N) is 1. The van der Waals surface area contributed by atoms with E-state index in [1.54, 1.807) is 30.3 Å². The Kier molecular flexibility index (Phi) is 10.4. The predicted octanol–water partition coefficient (Wildman–Crippen LogP) is -0.520. The van der Waals surface area contributed by atoms with Crippen molar-refractivity contribution in [3.05, 3.63) is 35.9 Å². The highest BCUT2D eigenvalue weighted by Gasteiger charge is 2.23. The topological polar surface area (TPSA) is 176 Å². The van der Waals surface area contributed by atoms with Gasteiger partial charge in [-0.2, -0.15) is 11.8 Å². The van der Waals surface area contributed by atoms with Crippen molar-refractivity contribution in [2.75, 3.05) is 18.1 Å². The second-order valence-corrected chi connectivity index (χ2v) is 7.05. The summed E-state index contributed by atoms with van der Waals surface area (Å²) in [6, 6.07) is 6.25. The molecule has 0 saturated heterocycles. The molecule has 1 aromatic rings. The molecule has 0 unspecified atom stereocenters. The van der Waals surface area contributed by atoms with Crippen LogP contribution in [0.3, 0.4) is 0 Å². The van der Waals surface area contributed by atoms with Gasteiger partial charge in [0, 0.05) is 17.7 Å². The molecule has 1 aromatic carbocycles. The SMILES string of the molecule is N[C@@H](CCC(=O)N[C@@H](CSCC(=O)c1ccccc1)C(=O)NCC(=O)O)C(=O)O. The van der Waals surface area contributed by atoms with Crippen LogP contribution in [0.1, 0.15) is 23.2 Å². The molecule has 158 valence electrons. The maximum atomic E-state index is 12.2. The summed E-state index contributed by atoms with van der Waals surface area (Å²) < 4.78 is 0. The molecule has 0 heterocycles. The Morgan fingerprint density at radius 1 is 1.07 bits per heavy atom. The van der Waals surface area contributed by atoms with E-state index in [-0.39, 0.29) is 30.1 Å². The average Bonchev–Trinajstić information content (AvgIpc) is 2.69. The number of carboxylic acid groups (broad SMARTS) is 2. The van der Waals surface area contributed by atoms with Crippen molar-refractivity contribution >= 4 is 41.3 Å². The molecule has 0 aliphatic heterocycles. The van der Waals surface area contributed by atoms with Gasteiger partial charge in [-0.05, 0) is 6.42 Å². The number of Topliss-reactive ketones (excluding diaryl/α,β-unsaturated/α-hetero) is 1. The standard InChI is InChI=1S/C18H23N3O7S/c19-12(18(27)28)6-7-15(23)21-13(17(26)20-8-16(24)25)9-29-10-14(22)11-4-2-1-3-5-11/h1-5,12-13H,6-10,19H2,(H,20,26)(H,21,23)(H,24,25)(H,27,28)/t12-,13-/m0/s1. The fourth-order valence-corrected chi connectivity index (χ4v) is 3.06. The molecule has 0 bridgehead atoms. The first-order valence-corrected chi connectivity index (χ1v) is 9.79. The predicted molar refractivity (Wildman–Crippen MR) is 106 cm³/mol. The van der Waals surface area contributed by atoms with Crippen LogP contribution in [0, 0.1) is 0 Å². The summed E-state index contributed by atoms with van der Waals surface area (Å²) in [7, 11) is 0. The van der Waals surface area contributed by atoms with Gasteiger partial charge in [0.1, 0.15) is 18.6 Å². The minimum Gasteiger partial charge on any atom is -0.480 e. The number of thioether (sulfide) groups is 1. The number of ketones is 1. The molecule has 10 nitrogen and oxygen atoms in total. The molecule has 2 atom stereocenters. The van der Waals surface area contributed by atoms with Gasteiger partial charge in [-0.3, -0.25) is 24.0 Å². The second-order valence-electron chi connectivity index (χ2n) is 6.02. The number of benzene rings is 1. The lowest BCUT2D eigenvalue weighted by molar-refractivity contribution is -0.139. The number of carboxylic acids is 2. The highest BCUT2D eigenvalue weighted by atomic mass is 32.2. The molecule has 6 N–H and O–H groups in total. The average molecular weight is 425 g/mol. The fraction of sp³-hybridized carbons (Fsp3) is 0.389. The summed E-state index contributed by atoms with van der Waals surface area (Å²) >= 11 is 1.11. The molecule has 29 heavy (non-hydrogen) atoms. The monoisotopic (exact) mass is 425 g/mol. The van der Waals surface area contributed by atoms with Crippen molar-refractivity contribution in [2.45, 2.75) is 24.9 Å². The quantitative estimate of drug-likeness (QED) is 0.260. The molecule has 0 aliphatic carbocycles. The third-order valence-corrected chi connectivity index (χ3v) is 4.71. The Morgan fingerprint density at radius 3 is 2.31 bits per heavy atom. The van der Waals surface area contributed by atoms with Gasteiger partial charge < -0.3 is 26.6 Å². The highest BCUT2D eigenvalue weighted by molar-refractivity contribution is 8.00. The molecule has 0 radical (unpaired) electrons. The first-order chi connectivity index (χ1) is 13.7. The van der Waals surface area contributed by atoms with Gasteiger partial charge in [0.05, 0.1) is 5.75 Å². The first kappa shape index (κ1) is 24.1. The van der Waals surface area contributed by atoms with E-state index < -0.39 is 42.4 Å². The maximum Gasteiger partial charge on any atom is 0.322 e. The van der Waals surface area contributed by atoms with Crippen molar-refractivity contribution in [1.82, 2.24) is 10.6 Å². The summed E-state index contributed by atoms with van der Waals surface area (Å²) in [5, 5.41) is 22.0. The molecular weight excluding hydrogens is 402 g/mol. The summed E-state index contributed by atoms with van der Waals surface area (Å²) in [6.45, 7) is -0.622. The van der Waals surface area contributed by atoms with Crippen LogP contribution in [0.4, 0.5) is 0 Å². The van der Waals surface area contributed by atoms with E-state index in [0.717, 1.165) is 11.8 Å². The van der Waals surface area contributed by atoms with Crippen LogP contribution in [0.15, 0.2) is 30.3 Å². The maximum absolute atomic E-state index is 12.2. The highest BCUT2D eigenvalue weighted by Crippen LogP contribution is 2.09. The van der Waals surface area contributed by atoms with Crippen LogP contribution in [0.25, 0.3) is 0 Å². The van der Waals surface area contributed by atoms with E-state index >= 15 is 0 Å². The zero-order valence-electron chi connectivity index (χ0n) is 15.5. The molecule has 1 rings (SSSR count). The van der Waals surface area contributed by atoms with Crippen molar-refractivity contribution < 1.29 is 34.2 Å². The summed E-state index contributed by atoms with van der Waals surface area (Å²) in [6.07, 6.45) is -0.339. The van der Waals surface area contributed by atoms with E-state index in [1.165, 1.54) is 0 Å². The van der Waals surface area contributed by atoms with Crippen molar-refractivity contribution in [3.8, 4) is 0 Å². The first-order valence-electron chi connectivity index (χ1n) is 8.64. The molecule has 0 spiro atoms. The van der Waals surface area contributed by atoms with E-state index in [9.17, 15) is 24.0 Å². The van der Waals surface area contributed by atoms with Crippen molar-refractivity contribution in [1.29, 1.82) is 0 Å². The Morgan fingerprint density at radius 2 is 1.72 bits per heavy atom. The van der Waals surface area contributed by atoms with E-state index in [0.29, 0.717) is 5.56 Å². The lowest BCUT2D eigenvalue weighted by Crippen LogP contribution is -2.49. The lowest BCUT2D eigenvalue weighted by Gasteiger charge is -2.18. The van der Waals surface area contributed by atoms with Gasteiger partial charge in [0.25, 0.3) is 0 Å². The molecule has 0 fully saturated rings. The Balaban J connectivity index is 2.61. The number of amides is 2. The third-order valence-electron chi connectivity index (χ3n) is 3.68. The largest absolute Gasteiger partial charge is 0.480 e. The smallest absolute Gasteiger partial charge is 0.322 e. The third kappa shape index (κ3) is 9.72. The van der Waals surface area contributed by atoms with Crippen LogP contribution in [-0.2, 0) is 19.2 Å². The fourth-order valence-electron chi connectivity index (χ4n) is 2.12. The van der Waals surface area contributed by atoms with Gasteiger partial charge in [-0.1, -0.05) is 30.3 Å². The zero-order valence-corrected chi connectivity index (χ0v) is 16.3. The molecule has 0 saturated carbocycles. The number of aliphatic carboxylic acids is 2. The molecule has 0 aromatic heterocycles. The van der Waals surface area contributed by atoms with Gasteiger partial charge in [0.2, 0.25) is 11.8 Å². The van der Waals surface area contributed by atoms with Gasteiger partial charge in [0.15, 0.2) is 5.78 Å². The Bertz CT molecular complexity index is 742. The van der Waals surface area contributed by atoms with Crippen LogP contribution in [0.2, 0.25) is 0 Å². The minimum atomic E-state index is -1.25.